The molecule has 2 aliphatic rings. The molecule has 3 rings (SSSR count). The van der Waals surface area contributed by atoms with Crippen LogP contribution >= 0.6 is 0 Å². The lowest BCUT2D eigenvalue weighted by Crippen LogP contribution is -2.43. The minimum atomic E-state index is -0.556. The molecule has 0 aromatic heterocycles. The molecule has 1 aliphatic carbocycles. The first-order valence-electron chi connectivity index (χ1n) is 8.18. The second kappa shape index (κ2) is 5.53. The van der Waals surface area contributed by atoms with Gasteiger partial charge < -0.3 is 9.58 Å². The van der Waals surface area contributed by atoms with Gasteiger partial charge in [-0.15, -0.1) is 0 Å². The number of nitriles is 1. The number of benzene rings is 1. The summed E-state index contributed by atoms with van der Waals surface area (Å²) in [6.07, 6.45) is 1.34. The van der Waals surface area contributed by atoms with Crippen molar-refractivity contribution in [1.29, 1.82) is 5.26 Å². The predicted molar refractivity (Wildman–Crippen MR) is 89.2 cm³/mol. The molecule has 2 fully saturated rings. The lowest BCUT2D eigenvalue weighted by Gasteiger charge is -2.27. The fourth-order valence-corrected chi connectivity index (χ4v) is 3.62. The number of hydrogen-bond acceptors (Lipinski definition) is 3. The van der Waals surface area contributed by atoms with Crippen LogP contribution in [0.5, 0.6) is 0 Å². The summed E-state index contributed by atoms with van der Waals surface area (Å²) in [4.78, 5) is 18.2. The smallest absolute Gasteiger partial charge is 0.411 e. The maximum Gasteiger partial charge on any atom is 0.411 e. The summed E-state index contributed by atoms with van der Waals surface area (Å²) in [6, 6.07) is 9.23. The van der Waals surface area contributed by atoms with Gasteiger partial charge in [0.2, 0.25) is 0 Å². The molecule has 5 nitrogen and oxygen atoms in total. The molecule has 1 saturated carbocycles. The monoisotopic (exact) mass is 323 g/mol. The first-order valence-corrected chi connectivity index (χ1v) is 8.18. The van der Waals surface area contributed by atoms with Crippen molar-refractivity contribution in [3.63, 3.8) is 0 Å². The highest BCUT2D eigenvalue weighted by molar-refractivity contribution is 5.71. The minimum Gasteiger partial charge on any atom is -0.444 e. The molecule has 1 aromatic rings. The van der Waals surface area contributed by atoms with E-state index in [1.165, 1.54) is 0 Å². The van der Waals surface area contributed by atoms with Crippen LogP contribution in [0.25, 0.3) is 4.85 Å². The molecule has 5 heteroatoms. The van der Waals surface area contributed by atoms with Crippen LogP contribution in [-0.4, -0.2) is 34.7 Å². The van der Waals surface area contributed by atoms with Gasteiger partial charge in [-0.3, -0.25) is 4.90 Å². The summed E-state index contributed by atoms with van der Waals surface area (Å²) >= 11 is 0. The second-order valence-corrected chi connectivity index (χ2v) is 7.61. The van der Waals surface area contributed by atoms with Gasteiger partial charge in [-0.05, 0) is 51.3 Å². The van der Waals surface area contributed by atoms with Crippen molar-refractivity contribution in [2.24, 2.45) is 0 Å². The Hall–Kier alpha value is -2.53. The Morgan fingerprint density at radius 3 is 2.71 bits per heavy atom. The maximum atomic E-state index is 12.6. The molecule has 0 bridgehead atoms. The van der Waals surface area contributed by atoms with Crippen molar-refractivity contribution >= 4 is 6.09 Å². The summed E-state index contributed by atoms with van der Waals surface area (Å²) in [5.41, 5.74) is 0.584. The van der Waals surface area contributed by atoms with E-state index in [4.69, 9.17) is 16.6 Å². The second-order valence-electron chi connectivity index (χ2n) is 7.61. The van der Waals surface area contributed by atoms with Crippen molar-refractivity contribution in [2.75, 3.05) is 6.54 Å². The zero-order chi connectivity index (χ0) is 17.5. The van der Waals surface area contributed by atoms with Crippen LogP contribution in [0.1, 0.15) is 50.7 Å². The molecule has 24 heavy (non-hydrogen) atoms. The number of likely N-dealkylation sites (tertiary alicyclic amines) is 1. The molecule has 0 radical (unpaired) electrons. The highest BCUT2D eigenvalue weighted by Gasteiger charge is 2.68. The van der Waals surface area contributed by atoms with Crippen molar-refractivity contribution in [3.05, 3.63) is 46.8 Å². The molecular formula is C19H21N3O2. The fourth-order valence-electron chi connectivity index (χ4n) is 3.62. The molecule has 1 aromatic carbocycles. The molecule has 0 unspecified atom stereocenters. The zero-order valence-electron chi connectivity index (χ0n) is 14.2. The van der Waals surface area contributed by atoms with Crippen LogP contribution in [0.4, 0.5) is 4.79 Å². The Bertz CT molecular complexity index is 747. The molecule has 1 heterocycles. The van der Waals surface area contributed by atoms with Crippen molar-refractivity contribution in [3.8, 4) is 6.07 Å². The summed E-state index contributed by atoms with van der Waals surface area (Å²) in [7, 11) is 0. The standard InChI is InChI=1S/C19H21N3O2/c1-18(2,3)24-17(23)22-12-15(16(21-4)19(22)8-9-19)14-7-5-6-13(10-14)11-20/h5-7,10,15-16H,8-9,12H2,1-3H3/t15-,16-/m0/s1. The van der Waals surface area contributed by atoms with Crippen molar-refractivity contribution in [2.45, 2.75) is 56.7 Å². The molecule has 1 amide bonds. The average molecular weight is 323 g/mol. The van der Waals surface area contributed by atoms with Gasteiger partial charge >= 0.3 is 6.09 Å². The number of rotatable bonds is 1. The SMILES string of the molecule is [C-]#[N+][C@H]1[C@H](c2cccc(C#N)c2)CN(C(=O)OC(C)(C)C)C12CC2. The zero-order valence-corrected chi connectivity index (χ0v) is 14.2. The maximum absolute atomic E-state index is 12.6. The number of nitrogens with zero attached hydrogens (tertiary/aromatic N) is 3. The van der Waals surface area contributed by atoms with E-state index in [1.807, 2.05) is 39.0 Å². The Morgan fingerprint density at radius 2 is 2.17 bits per heavy atom. The van der Waals surface area contributed by atoms with Gasteiger partial charge in [-0.2, -0.15) is 5.26 Å². The van der Waals surface area contributed by atoms with E-state index in [0.29, 0.717) is 12.1 Å². The molecule has 0 N–H and O–H groups in total. The predicted octanol–water partition coefficient (Wildman–Crippen LogP) is 3.71. The van der Waals surface area contributed by atoms with E-state index in [1.54, 1.807) is 11.0 Å². The summed E-state index contributed by atoms with van der Waals surface area (Å²) in [5, 5.41) is 9.12. The number of carbonyl (C=O) groups is 1. The Morgan fingerprint density at radius 1 is 1.46 bits per heavy atom. The van der Waals surface area contributed by atoms with Crippen LogP contribution in [-0.2, 0) is 4.74 Å². The van der Waals surface area contributed by atoms with Crippen LogP contribution in [0.2, 0.25) is 0 Å². The number of hydrogen-bond donors (Lipinski definition) is 0. The first kappa shape index (κ1) is 16.3. The van der Waals surface area contributed by atoms with Crippen molar-refractivity contribution in [1.82, 2.24) is 4.90 Å². The molecule has 2 atom stereocenters. The third kappa shape index (κ3) is 2.71. The van der Waals surface area contributed by atoms with Crippen LogP contribution < -0.4 is 0 Å². The van der Waals surface area contributed by atoms with Gasteiger partial charge in [0.05, 0.1) is 17.6 Å². The topological polar surface area (TPSA) is 57.7 Å². The average Bonchev–Trinajstić information content (AvgIpc) is 3.22. The molecule has 124 valence electrons. The quantitative estimate of drug-likeness (QED) is 0.740. The molecule has 1 saturated heterocycles. The first-order chi connectivity index (χ1) is 11.3. The van der Waals surface area contributed by atoms with Gasteiger partial charge in [-0.25, -0.2) is 11.4 Å². The Kier molecular flexibility index (Phi) is 3.76. The van der Waals surface area contributed by atoms with Gasteiger partial charge in [0.1, 0.15) is 11.1 Å². The Balaban J connectivity index is 1.92. The largest absolute Gasteiger partial charge is 0.444 e. The molecule has 1 aliphatic heterocycles. The van der Waals surface area contributed by atoms with E-state index in [0.717, 1.165) is 18.4 Å². The van der Waals surface area contributed by atoms with Gasteiger partial charge in [0.25, 0.3) is 6.04 Å². The number of carbonyl (C=O) groups excluding carboxylic acids is 1. The molecule has 1 spiro atoms. The summed E-state index contributed by atoms with van der Waals surface area (Å²) in [5.74, 6) is -0.0779. The lowest BCUT2D eigenvalue weighted by molar-refractivity contribution is 0.0199. The number of ether oxygens (including phenoxy) is 1. The molecular weight excluding hydrogens is 302 g/mol. The normalized spacial score (nSPS) is 24.3. The van der Waals surface area contributed by atoms with Crippen LogP contribution in [0, 0.1) is 17.9 Å². The van der Waals surface area contributed by atoms with Gasteiger partial charge in [0.15, 0.2) is 0 Å². The summed E-state index contributed by atoms with van der Waals surface area (Å²) in [6.45, 7) is 13.7. The van der Waals surface area contributed by atoms with Crippen LogP contribution in [0.15, 0.2) is 24.3 Å². The highest BCUT2D eigenvalue weighted by atomic mass is 16.6. The van der Waals surface area contributed by atoms with Crippen molar-refractivity contribution < 1.29 is 9.53 Å². The summed E-state index contributed by atoms with van der Waals surface area (Å²) < 4.78 is 5.55. The van der Waals surface area contributed by atoms with E-state index in [-0.39, 0.29) is 18.1 Å². The van der Waals surface area contributed by atoms with E-state index >= 15 is 0 Å². The Labute approximate surface area is 142 Å². The van der Waals surface area contributed by atoms with Crippen LogP contribution in [0.3, 0.4) is 0 Å². The fraction of sp³-hybridized carbons (Fsp3) is 0.526. The van der Waals surface area contributed by atoms with E-state index < -0.39 is 11.1 Å². The van der Waals surface area contributed by atoms with Gasteiger partial charge in [0, 0.05) is 6.54 Å². The third-order valence-corrected chi connectivity index (χ3v) is 4.81. The lowest BCUT2D eigenvalue weighted by atomic mass is 9.90. The van der Waals surface area contributed by atoms with E-state index in [2.05, 4.69) is 10.9 Å². The highest BCUT2D eigenvalue weighted by Crippen LogP contribution is 2.55. The van der Waals surface area contributed by atoms with E-state index in [9.17, 15) is 4.79 Å². The van der Waals surface area contributed by atoms with Gasteiger partial charge in [-0.1, -0.05) is 12.1 Å². The number of amides is 1. The third-order valence-electron chi connectivity index (χ3n) is 4.81. The minimum absolute atomic E-state index is 0.0779.